The van der Waals surface area contributed by atoms with Crippen molar-refractivity contribution in [1.29, 1.82) is 0 Å². The molecule has 0 unspecified atom stereocenters. The zero-order chi connectivity index (χ0) is 16.9. The monoisotopic (exact) mass is 326 g/mol. The number of ether oxygens (including phenoxy) is 3. The van der Waals surface area contributed by atoms with Gasteiger partial charge in [0.05, 0.1) is 7.11 Å². The number of rotatable bonds is 12. The number of carbonyl (C=O) groups is 2. The largest absolute Gasteiger partial charge is 0.509 e. The molecule has 0 aromatic heterocycles. The third kappa shape index (κ3) is 8.62. The van der Waals surface area contributed by atoms with Gasteiger partial charge in [-0.25, -0.2) is 9.59 Å². The van der Waals surface area contributed by atoms with E-state index in [0.29, 0.717) is 0 Å². The number of esters is 1. The zero-order valence-corrected chi connectivity index (χ0v) is 14.4. The SMILES string of the molecule is CCCCCCCCCCC[C@H]1OC(=O)O[C@H]1/C=C/C(=O)OC. The van der Waals surface area contributed by atoms with Crippen molar-refractivity contribution in [2.45, 2.75) is 83.3 Å². The van der Waals surface area contributed by atoms with Crippen LogP contribution < -0.4 is 0 Å². The summed E-state index contributed by atoms with van der Waals surface area (Å²) in [5.41, 5.74) is 0. The first-order chi connectivity index (χ1) is 11.2. The smallest absolute Gasteiger partial charge is 0.466 e. The van der Waals surface area contributed by atoms with Gasteiger partial charge < -0.3 is 14.2 Å². The first-order valence-corrected chi connectivity index (χ1v) is 8.80. The van der Waals surface area contributed by atoms with Crippen molar-refractivity contribution >= 4 is 12.1 Å². The Morgan fingerprint density at radius 1 is 1.04 bits per heavy atom. The molecule has 0 aromatic carbocycles. The highest BCUT2D eigenvalue weighted by Crippen LogP contribution is 2.22. The molecule has 0 aromatic rings. The Hall–Kier alpha value is -1.52. The first-order valence-electron chi connectivity index (χ1n) is 8.80. The Kier molecular flexibility index (Phi) is 10.2. The topological polar surface area (TPSA) is 61.8 Å². The van der Waals surface area contributed by atoms with E-state index in [1.165, 1.54) is 64.2 Å². The average molecular weight is 326 g/mol. The third-order valence-corrected chi connectivity index (χ3v) is 4.06. The summed E-state index contributed by atoms with van der Waals surface area (Å²) in [5, 5.41) is 0. The summed E-state index contributed by atoms with van der Waals surface area (Å²) in [6, 6.07) is 0. The lowest BCUT2D eigenvalue weighted by Gasteiger charge is -2.11. The van der Waals surface area contributed by atoms with Crippen molar-refractivity contribution < 1.29 is 23.8 Å². The Bertz CT molecular complexity index is 378. The van der Waals surface area contributed by atoms with Crippen LogP contribution in [0.4, 0.5) is 4.79 Å². The van der Waals surface area contributed by atoms with E-state index in [1.807, 2.05) is 0 Å². The molecule has 5 nitrogen and oxygen atoms in total. The van der Waals surface area contributed by atoms with Crippen LogP contribution in [0.15, 0.2) is 12.2 Å². The van der Waals surface area contributed by atoms with Crippen LogP contribution in [0.25, 0.3) is 0 Å². The Labute approximate surface area is 139 Å². The molecular weight excluding hydrogens is 296 g/mol. The molecule has 1 saturated heterocycles. The molecule has 1 fully saturated rings. The molecule has 1 heterocycles. The number of unbranched alkanes of at least 4 members (excludes halogenated alkanes) is 8. The molecule has 132 valence electrons. The minimum absolute atomic E-state index is 0.298. The van der Waals surface area contributed by atoms with E-state index in [9.17, 15) is 9.59 Å². The first kappa shape index (κ1) is 19.5. The number of hydrogen-bond donors (Lipinski definition) is 0. The van der Waals surface area contributed by atoms with Crippen LogP contribution in [0.3, 0.4) is 0 Å². The number of hydrogen-bond acceptors (Lipinski definition) is 5. The molecule has 0 spiro atoms. The van der Waals surface area contributed by atoms with E-state index in [-0.39, 0.29) is 6.10 Å². The maximum atomic E-state index is 11.2. The molecule has 0 radical (unpaired) electrons. The van der Waals surface area contributed by atoms with E-state index >= 15 is 0 Å². The van der Waals surface area contributed by atoms with Crippen LogP contribution in [0, 0.1) is 0 Å². The summed E-state index contributed by atoms with van der Waals surface area (Å²) >= 11 is 0. The summed E-state index contributed by atoms with van der Waals surface area (Å²) in [6.45, 7) is 2.23. The van der Waals surface area contributed by atoms with E-state index in [2.05, 4.69) is 11.7 Å². The van der Waals surface area contributed by atoms with Crippen LogP contribution in [0.1, 0.15) is 71.1 Å². The van der Waals surface area contributed by atoms with Crippen molar-refractivity contribution in [1.82, 2.24) is 0 Å². The molecule has 23 heavy (non-hydrogen) atoms. The van der Waals surface area contributed by atoms with Gasteiger partial charge in [-0.15, -0.1) is 0 Å². The fourth-order valence-corrected chi connectivity index (χ4v) is 2.69. The second kappa shape index (κ2) is 12.0. The molecule has 5 heteroatoms. The number of methoxy groups -OCH3 is 1. The van der Waals surface area contributed by atoms with Gasteiger partial charge in [0, 0.05) is 6.08 Å². The van der Waals surface area contributed by atoms with Gasteiger partial charge >= 0.3 is 12.1 Å². The van der Waals surface area contributed by atoms with Crippen LogP contribution >= 0.6 is 0 Å². The van der Waals surface area contributed by atoms with Gasteiger partial charge in [-0.05, 0) is 18.9 Å². The van der Waals surface area contributed by atoms with E-state index in [0.717, 1.165) is 19.3 Å². The normalized spacial score (nSPS) is 20.5. The van der Waals surface area contributed by atoms with Crippen LogP contribution in [0.5, 0.6) is 0 Å². The van der Waals surface area contributed by atoms with Crippen molar-refractivity contribution in [2.75, 3.05) is 7.11 Å². The zero-order valence-electron chi connectivity index (χ0n) is 14.4. The quantitative estimate of drug-likeness (QED) is 0.299. The Balaban J connectivity index is 2.13. The third-order valence-electron chi connectivity index (χ3n) is 4.06. The standard InChI is InChI=1S/C18H30O5/c1-3-4-5-6-7-8-9-10-11-12-15-16(23-18(20)22-15)13-14-17(19)21-2/h13-16H,3-12H2,1-2H3/b14-13+/t15-,16+/m1/s1. The molecule has 1 rings (SSSR count). The molecular formula is C18H30O5. The predicted octanol–water partition coefficient (Wildman–Crippen LogP) is 4.54. The van der Waals surface area contributed by atoms with Crippen molar-refractivity contribution in [2.24, 2.45) is 0 Å². The summed E-state index contributed by atoms with van der Waals surface area (Å²) in [6.07, 6.45) is 13.4. The highest BCUT2D eigenvalue weighted by Gasteiger charge is 2.34. The van der Waals surface area contributed by atoms with Crippen molar-refractivity contribution in [3.8, 4) is 0 Å². The molecule has 0 amide bonds. The average Bonchev–Trinajstić information content (AvgIpc) is 2.90. The minimum atomic E-state index is -0.662. The summed E-state index contributed by atoms with van der Waals surface area (Å²) in [4.78, 5) is 22.3. The molecule has 0 saturated carbocycles. The van der Waals surface area contributed by atoms with Gasteiger partial charge in [-0.2, -0.15) is 0 Å². The summed E-state index contributed by atoms with van der Waals surface area (Å²) in [5.74, 6) is -0.463. The second-order valence-corrected chi connectivity index (χ2v) is 5.99. The number of carbonyl (C=O) groups excluding carboxylic acids is 2. The van der Waals surface area contributed by atoms with Gasteiger partial charge in [0.2, 0.25) is 0 Å². The van der Waals surface area contributed by atoms with Gasteiger partial charge in [0.1, 0.15) is 6.10 Å². The second-order valence-electron chi connectivity index (χ2n) is 5.99. The Morgan fingerprint density at radius 2 is 1.65 bits per heavy atom. The van der Waals surface area contributed by atoms with Crippen molar-refractivity contribution in [3.05, 3.63) is 12.2 Å². The fraction of sp³-hybridized carbons (Fsp3) is 0.778. The molecule has 0 bridgehead atoms. The van der Waals surface area contributed by atoms with Crippen LogP contribution in [0.2, 0.25) is 0 Å². The predicted molar refractivity (Wildman–Crippen MR) is 88.1 cm³/mol. The lowest BCUT2D eigenvalue weighted by Crippen LogP contribution is -2.20. The maximum Gasteiger partial charge on any atom is 0.509 e. The summed E-state index contributed by atoms with van der Waals surface area (Å²) < 4.78 is 14.7. The lowest BCUT2D eigenvalue weighted by molar-refractivity contribution is -0.134. The van der Waals surface area contributed by atoms with Crippen molar-refractivity contribution in [3.63, 3.8) is 0 Å². The number of cyclic esters (lactones) is 2. The highest BCUT2D eigenvalue weighted by atomic mass is 16.8. The Morgan fingerprint density at radius 3 is 2.26 bits per heavy atom. The van der Waals surface area contributed by atoms with E-state index < -0.39 is 18.2 Å². The highest BCUT2D eigenvalue weighted by molar-refractivity contribution is 5.82. The van der Waals surface area contributed by atoms with Gasteiger partial charge in [0.25, 0.3) is 0 Å². The fourth-order valence-electron chi connectivity index (χ4n) is 2.69. The molecule has 0 aliphatic carbocycles. The molecule has 1 aliphatic rings. The summed E-state index contributed by atoms with van der Waals surface area (Å²) in [7, 11) is 1.31. The lowest BCUT2D eigenvalue weighted by atomic mass is 10.0. The maximum absolute atomic E-state index is 11.2. The van der Waals surface area contributed by atoms with Crippen LogP contribution in [-0.4, -0.2) is 31.4 Å². The van der Waals surface area contributed by atoms with Gasteiger partial charge in [-0.3, -0.25) is 0 Å². The minimum Gasteiger partial charge on any atom is -0.466 e. The van der Waals surface area contributed by atoms with E-state index in [4.69, 9.17) is 9.47 Å². The van der Waals surface area contributed by atoms with Crippen LogP contribution in [-0.2, 0) is 19.0 Å². The molecule has 1 aliphatic heterocycles. The van der Waals surface area contributed by atoms with Gasteiger partial charge in [-0.1, -0.05) is 58.3 Å². The molecule has 2 atom stereocenters. The van der Waals surface area contributed by atoms with E-state index in [1.54, 1.807) is 0 Å². The molecule has 0 N–H and O–H groups in total. The van der Waals surface area contributed by atoms with Gasteiger partial charge in [0.15, 0.2) is 6.10 Å².